The van der Waals surface area contributed by atoms with Crippen LogP contribution in [-0.4, -0.2) is 5.54 Å². The zero-order valence-corrected chi connectivity index (χ0v) is 4.83. The Hall–Kier alpha value is -0.190. The fourth-order valence-electron chi connectivity index (χ4n) is 0.295. The van der Waals surface area contributed by atoms with Crippen molar-refractivity contribution < 1.29 is 18.1 Å². The molecular formula is C5H8ClN. The van der Waals surface area contributed by atoms with Crippen LogP contribution in [0.15, 0.2) is 0 Å². The highest BCUT2D eigenvalue weighted by molar-refractivity contribution is 5.15. The highest BCUT2D eigenvalue weighted by Gasteiger charge is 2.40. The third kappa shape index (κ3) is 1.38. The average molecular weight is 118 g/mol. The van der Waals surface area contributed by atoms with Gasteiger partial charge in [-0.1, -0.05) is 0 Å². The van der Waals surface area contributed by atoms with Crippen LogP contribution in [0.3, 0.4) is 0 Å². The Bertz CT molecular complexity index is 99.1. The molecule has 3 N–H and O–H groups in total. The molecule has 0 heterocycles. The molecule has 1 aliphatic rings. The van der Waals surface area contributed by atoms with Crippen LogP contribution in [0.2, 0.25) is 0 Å². The molecule has 0 radical (unpaired) electrons. The summed E-state index contributed by atoms with van der Waals surface area (Å²) in [5.41, 5.74) is 3.83. The molecule has 0 bridgehead atoms. The van der Waals surface area contributed by atoms with Gasteiger partial charge < -0.3 is 18.1 Å². The maximum absolute atomic E-state index is 5.06. The van der Waals surface area contributed by atoms with Crippen molar-refractivity contribution >= 4 is 0 Å². The SMILES string of the molecule is C#CC1([NH3+])CC1.[Cl-]. The molecule has 0 aromatic heterocycles. The van der Waals surface area contributed by atoms with E-state index < -0.39 is 0 Å². The van der Waals surface area contributed by atoms with Crippen molar-refractivity contribution in [2.24, 2.45) is 0 Å². The van der Waals surface area contributed by atoms with Gasteiger partial charge in [-0.2, -0.15) is 0 Å². The minimum Gasteiger partial charge on any atom is -1.00 e. The molecule has 0 amide bonds. The fraction of sp³-hybridized carbons (Fsp3) is 0.600. The van der Waals surface area contributed by atoms with Crippen molar-refractivity contribution in [2.45, 2.75) is 18.4 Å². The largest absolute Gasteiger partial charge is 1.00 e. The molecule has 0 atom stereocenters. The third-order valence-electron chi connectivity index (χ3n) is 1.16. The van der Waals surface area contributed by atoms with E-state index in [0.29, 0.717) is 0 Å². The lowest BCUT2D eigenvalue weighted by Crippen LogP contribution is -3.00. The molecule has 0 unspecified atom stereocenters. The van der Waals surface area contributed by atoms with Gasteiger partial charge in [-0.3, -0.25) is 0 Å². The predicted octanol–water partition coefficient (Wildman–Crippen LogP) is -3.60. The van der Waals surface area contributed by atoms with Crippen LogP contribution in [0, 0.1) is 12.3 Å². The maximum Gasteiger partial charge on any atom is 0.156 e. The van der Waals surface area contributed by atoms with Gasteiger partial charge in [0.15, 0.2) is 5.54 Å². The third-order valence-corrected chi connectivity index (χ3v) is 1.16. The summed E-state index contributed by atoms with van der Waals surface area (Å²) in [5.74, 6) is 2.60. The summed E-state index contributed by atoms with van der Waals surface area (Å²) in [5, 5.41) is 0. The van der Waals surface area contributed by atoms with Crippen LogP contribution in [0.25, 0.3) is 0 Å². The Morgan fingerprint density at radius 1 is 1.57 bits per heavy atom. The lowest BCUT2D eigenvalue weighted by Gasteiger charge is -1.84. The minimum absolute atomic E-state index is 0. The number of hydrogen-bond acceptors (Lipinski definition) is 0. The molecule has 0 saturated heterocycles. The first-order valence-electron chi connectivity index (χ1n) is 2.10. The smallest absolute Gasteiger partial charge is 0.156 e. The summed E-state index contributed by atoms with van der Waals surface area (Å²) in [6, 6.07) is 0. The highest BCUT2D eigenvalue weighted by Crippen LogP contribution is 2.27. The number of halogens is 1. The monoisotopic (exact) mass is 117 g/mol. The Kier molecular flexibility index (Phi) is 1.68. The first-order chi connectivity index (χ1) is 2.77. The van der Waals surface area contributed by atoms with E-state index in [2.05, 4.69) is 11.7 Å². The summed E-state index contributed by atoms with van der Waals surface area (Å²) in [7, 11) is 0. The van der Waals surface area contributed by atoms with Gasteiger partial charge in [0, 0.05) is 12.8 Å². The van der Waals surface area contributed by atoms with Gasteiger partial charge in [0.1, 0.15) is 0 Å². The molecule has 0 aliphatic heterocycles. The molecule has 1 rings (SSSR count). The van der Waals surface area contributed by atoms with Gasteiger partial charge in [0.05, 0.1) is 0 Å². The van der Waals surface area contributed by atoms with Crippen molar-refractivity contribution in [2.75, 3.05) is 0 Å². The highest BCUT2D eigenvalue weighted by atomic mass is 35.5. The van der Waals surface area contributed by atoms with Crippen LogP contribution in [-0.2, 0) is 0 Å². The van der Waals surface area contributed by atoms with Crippen molar-refractivity contribution in [1.29, 1.82) is 0 Å². The van der Waals surface area contributed by atoms with Gasteiger partial charge in [-0.15, -0.1) is 6.42 Å². The number of terminal acetylenes is 1. The zero-order valence-electron chi connectivity index (χ0n) is 4.08. The molecule has 1 saturated carbocycles. The lowest BCUT2D eigenvalue weighted by atomic mass is 10.3. The summed E-state index contributed by atoms with van der Waals surface area (Å²) < 4.78 is 0. The van der Waals surface area contributed by atoms with Crippen molar-refractivity contribution in [1.82, 2.24) is 0 Å². The molecule has 1 nitrogen and oxygen atoms in total. The second kappa shape index (κ2) is 1.73. The van der Waals surface area contributed by atoms with Crippen LogP contribution in [0.1, 0.15) is 12.8 Å². The van der Waals surface area contributed by atoms with E-state index in [9.17, 15) is 0 Å². The van der Waals surface area contributed by atoms with E-state index >= 15 is 0 Å². The average Bonchev–Trinajstić information content (AvgIpc) is 2.22. The van der Waals surface area contributed by atoms with Gasteiger partial charge in [0.25, 0.3) is 0 Å². The van der Waals surface area contributed by atoms with Gasteiger partial charge in [-0.05, 0) is 5.92 Å². The molecular weight excluding hydrogens is 110 g/mol. The Morgan fingerprint density at radius 3 is 2.00 bits per heavy atom. The molecule has 1 aliphatic carbocycles. The molecule has 2 heteroatoms. The van der Waals surface area contributed by atoms with Crippen molar-refractivity contribution in [3.05, 3.63) is 0 Å². The fourth-order valence-corrected chi connectivity index (χ4v) is 0.295. The minimum atomic E-state index is 0. The van der Waals surface area contributed by atoms with Gasteiger partial charge in [0.2, 0.25) is 0 Å². The van der Waals surface area contributed by atoms with Crippen LogP contribution < -0.4 is 18.1 Å². The van der Waals surface area contributed by atoms with E-state index in [1.165, 1.54) is 0 Å². The van der Waals surface area contributed by atoms with E-state index in [4.69, 9.17) is 6.42 Å². The Balaban J connectivity index is 0.000000360. The summed E-state index contributed by atoms with van der Waals surface area (Å²) in [6.45, 7) is 0. The normalized spacial score (nSPS) is 21.7. The maximum atomic E-state index is 5.06. The van der Waals surface area contributed by atoms with Gasteiger partial charge >= 0.3 is 0 Å². The van der Waals surface area contributed by atoms with Gasteiger partial charge in [-0.25, -0.2) is 0 Å². The molecule has 40 valence electrons. The van der Waals surface area contributed by atoms with Crippen LogP contribution >= 0.6 is 0 Å². The van der Waals surface area contributed by atoms with E-state index in [-0.39, 0.29) is 17.9 Å². The quantitative estimate of drug-likeness (QED) is 0.318. The summed E-state index contributed by atoms with van der Waals surface area (Å²) in [6.07, 6.45) is 7.31. The standard InChI is InChI=1S/C5H7N.ClH/c1-2-5(6)3-4-5;/h1H,3-4,6H2;1H. The first-order valence-corrected chi connectivity index (χ1v) is 2.10. The molecule has 7 heavy (non-hydrogen) atoms. The van der Waals surface area contributed by atoms with E-state index in [1.807, 2.05) is 0 Å². The molecule has 0 aromatic carbocycles. The van der Waals surface area contributed by atoms with Crippen molar-refractivity contribution in [3.8, 4) is 12.3 Å². The second-order valence-electron chi connectivity index (χ2n) is 1.92. The number of rotatable bonds is 0. The van der Waals surface area contributed by atoms with Crippen molar-refractivity contribution in [3.63, 3.8) is 0 Å². The Morgan fingerprint density at radius 2 is 2.00 bits per heavy atom. The Labute approximate surface area is 49.7 Å². The topological polar surface area (TPSA) is 27.6 Å². The number of quaternary nitrogens is 1. The van der Waals surface area contributed by atoms with Crippen LogP contribution in [0.4, 0.5) is 0 Å². The molecule has 1 fully saturated rings. The zero-order chi connectivity index (χ0) is 4.62. The molecule has 0 spiro atoms. The predicted molar refractivity (Wildman–Crippen MR) is 23.7 cm³/mol. The lowest BCUT2D eigenvalue weighted by molar-refractivity contribution is -0.416. The van der Waals surface area contributed by atoms with E-state index in [1.54, 1.807) is 0 Å². The molecule has 0 aromatic rings. The van der Waals surface area contributed by atoms with E-state index in [0.717, 1.165) is 12.8 Å². The van der Waals surface area contributed by atoms with Crippen LogP contribution in [0.5, 0.6) is 0 Å². The second-order valence-corrected chi connectivity index (χ2v) is 1.92. The first kappa shape index (κ1) is 6.81. The summed E-state index contributed by atoms with van der Waals surface area (Å²) >= 11 is 0. The number of hydrogen-bond donors (Lipinski definition) is 1. The summed E-state index contributed by atoms with van der Waals surface area (Å²) in [4.78, 5) is 0.